The highest BCUT2D eigenvalue weighted by Crippen LogP contribution is 2.37. The van der Waals surface area contributed by atoms with E-state index in [0.29, 0.717) is 0 Å². The lowest BCUT2D eigenvalue weighted by atomic mass is 10.1. The van der Waals surface area contributed by atoms with Crippen LogP contribution in [0.1, 0.15) is 17.0 Å². The van der Waals surface area contributed by atoms with Crippen LogP contribution in [0.25, 0.3) is 16.7 Å². The number of carbonyl (C=O) groups excluding carboxylic acids is 1. The first-order valence-corrected chi connectivity index (χ1v) is 8.31. The first kappa shape index (κ1) is 20.6. The predicted molar refractivity (Wildman–Crippen MR) is 94.7 cm³/mol. The smallest absolute Gasteiger partial charge is 0.431 e. The van der Waals surface area contributed by atoms with Gasteiger partial charge < -0.3 is 10.2 Å². The van der Waals surface area contributed by atoms with Crippen molar-refractivity contribution in [3.05, 3.63) is 60.8 Å². The molecule has 0 saturated carbocycles. The third-order valence-corrected chi connectivity index (χ3v) is 4.63. The number of rotatable bonds is 3. The Balaban J connectivity index is 2.47. The van der Waals surface area contributed by atoms with E-state index in [4.69, 9.17) is 21.8 Å². The molecule has 154 valence electrons. The highest BCUT2D eigenvalue weighted by Gasteiger charge is 2.35. The van der Waals surface area contributed by atoms with Crippen molar-refractivity contribution in [3.63, 3.8) is 0 Å². The van der Waals surface area contributed by atoms with Gasteiger partial charge in [0.2, 0.25) is 5.91 Å². The quantitative estimate of drug-likeness (QED) is 0.641. The van der Waals surface area contributed by atoms with Gasteiger partial charge in [0.25, 0.3) is 5.56 Å². The summed E-state index contributed by atoms with van der Waals surface area (Å²) in [5, 5.41) is -0.167. The van der Waals surface area contributed by atoms with Crippen LogP contribution in [0.4, 0.5) is 17.6 Å². The van der Waals surface area contributed by atoms with Crippen LogP contribution in [0.3, 0.4) is 0 Å². The molecule has 0 aliphatic heterocycles. The Kier molecular flexibility index (Phi) is 4.81. The number of nitrogens with two attached hydrogens (primary N) is 1. The molecule has 0 bridgehead atoms. The van der Waals surface area contributed by atoms with Crippen LogP contribution in [-0.2, 0) is 24.4 Å². The van der Waals surface area contributed by atoms with Gasteiger partial charge in [-0.3, -0.25) is 14.2 Å². The fourth-order valence-electron chi connectivity index (χ4n) is 3.06. The third kappa shape index (κ3) is 3.31. The van der Waals surface area contributed by atoms with Crippen molar-refractivity contribution in [3.8, 4) is 5.69 Å². The second kappa shape index (κ2) is 6.76. The minimum absolute atomic E-state index is 0.0215. The summed E-state index contributed by atoms with van der Waals surface area (Å²) in [6.07, 6.45) is -5.31. The molecule has 2 aromatic heterocycles. The van der Waals surface area contributed by atoms with Crippen LogP contribution < -0.4 is 17.0 Å². The molecule has 3 rings (SSSR count). The summed E-state index contributed by atoms with van der Waals surface area (Å²) in [7, 11) is 0.790. The van der Waals surface area contributed by atoms with Crippen LogP contribution in [0.2, 0.25) is 5.02 Å². The highest BCUT2D eigenvalue weighted by atomic mass is 35.5. The summed E-state index contributed by atoms with van der Waals surface area (Å²) in [4.78, 5) is 36.2. The van der Waals surface area contributed by atoms with Gasteiger partial charge in [-0.25, -0.2) is 13.8 Å². The summed E-state index contributed by atoms with van der Waals surface area (Å²) in [5.74, 6) is -1.81. The number of halogens is 5. The minimum Gasteiger partial charge on any atom is -0.459 e. The van der Waals surface area contributed by atoms with Crippen molar-refractivity contribution in [2.45, 2.75) is 19.5 Å². The molecular weight excluding hydrogens is 422 g/mol. The van der Waals surface area contributed by atoms with Gasteiger partial charge in [-0.1, -0.05) is 11.6 Å². The molecule has 1 amide bonds. The largest absolute Gasteiger partial charge is 0.459 e. The summed E-state index contributed by atoms with van der Waals surface area (Å²) in [5.41, 5.74) is -0.0725. The molecule has 0 aliphatic carbocycles. The minimum atomic E-state index is -4.98. The topological polar surface area (TPSA) is 100 Å². The monoisotopic (exact) mass is 433 g/mol. The first-order valence-electron chi connectivity index (χ1n) is 7.93. The third-order valence-electron chi connectivity index (χ3n) is 4.33. The Bertz CT molecular complexity index is 1290. The molecule has 0 saturated heterocycles. The van der Waals surface area contributed by atoms with Gasteiger partial charge in [-0.05, 0) is 13.0 Å². The number of fused-ring (bicyclic) bond motifs is 1. The molecule has 0 spiro atoms. The number of benzene rings is 1. The van der Waals surface area contributed by atoms with E-state index in [0.717, 1.165) is 13.1 Å². The molecule has 1 aromatic carbocycles. The Morgan fingerprint density at radius 2 is 1.90 bits per heavy atom. The van der Waals surface area contributed by atoms with Gasteiger partial charge in [-0.2, -0.15) is 13.2 Å². The number of hydrogen-bond acceptors (Lipinski definition) is 4. The zero-order chi connectivity index (χ0) is 21.8. The molecule has 0 unspecified atom stereocenters. The lowest BCUT2D eigenvalue weighted by molar-refractivity contribution is -0.144. The molecule has 0 aliphatic rings. The fraction of sp³-hybridized carbons (Fsp3) is 0.235. The average molecular weight is 434 g/mol. The number of amides is 1. The molecule has 3 aromatic rings. The van der Waals surface area contributed by atoms with Gasteiger partial charge in [0.1, 0.15) is 17.1 Å². The molecule has 2 heterocycles. The van der Waals surface area contributed by atoms with Crippen LogP contribution in [0.15, 0.2) is 26.1 Å². The molecule has 0 atom stereocenters. The molecule has 0 radical (unpaired) electrons. The molecule has 2 N–H and O–H groups in total. The van der Waals surface area contributed by atoms with Gasteiger partial charge in [0, 0.05) is 24.1 Å². The number of aryl methyl sites for hydroxylation is 1. The number of furan rings is 1. The van der Waals surface area contributed by atoms with Crippen molar-refractivity contribution in [1.82, 2.24) is 9.13 Å². The van der Waals surface area contributed by atoms with E-state index < -0.39 is 40.5 Å². The number of alkyl halides is 3. The van der Waals surface area contributed by atoms with Crippen LogP contribution >= 0.6 is 11.6 Å². The lowest BCUT2D eigenvalue weighted by Gasteiger charge is -2.14. The Hall–Kier alpha value is -3.08. The van der Waals surface area contributed by atoms with Crippen LogP contribution in [0, 0.1) is 12.7 Å². The van der Waals surface area contributed by atoms with Crippen molar-refractivity contribution >= 4 is 28.5 Å². The standard InChI is InChI=1S/C17H12ClF4N3O4/c1-6-7(3-11(23)26)13-8(18)4-9(19)14(15(13)29-6)25-12(27)5-10(17(20,21)22)24(2)16(25)28/h4-5H,3H2,1-2H3,(H2,23,26). The molecule has 7 nitrogen and oxygen atoms in total. The molecular formula is C17H12ClF4N3O4. The number of primary amides is 1. The van der Waals surface area contributed by atoms with Crippen LogP contribution in [-0.4, -0.2) is 15.0 Å². The Morgan fingerprint density at radius 3 is 2.45 bits per heavy atom. The van der Waals surface area contributed by atoms with E-state index in [1.165, 1.54) is 6.92 Å². The van der Waals surface area contributed by atoms with Crippen molar-refractivity contribution in [2.75, 3.05) is 0 Å². The number of carbonyl (C=O) groups is 1. The van der Waals surface area contributed by atoms with Gasteiger partial charge in [0.15, 0.2) is 11.4 Å². The molecule has 12 heteroatoms. The van der Waals surface area contributed by atoms with Crippen molar-refractivity contribution in [1.29, 1.82) is 0 Å². The molecule has 0 fully saturated rings. The normalized spacial score (nSPS) is 12.0. The predicted octanol–water partition coefficient (Wildman–Crippen LogP) is 2.43. The summed E-state index contributed by atoms with van der Waals surface area (Å²) in [6, 6.07) is 0.934. The first-order chi connectivity index (χ1) is 13.3. The zero-order valence-electron chi connectivity index (χ0n) is 14.9. The second-order valence-corrected chi connectivity index (χ2v) is 6.62. The van der Waals surface area contributed by atoms with E-state index in [2.05, 4.69) is 0 Å². The zero-order valence-corrected chi connectivity index (χ0v) is 15.6. The van der Waals surface area contributed by atoms with Gasteiger partial charge >= 0.3 is 11.9 Å². The summed E-state index contributed by atoms with van der Waals surface area (Å²) >= 11 is 6.05. The van der Waals surface area contributed by atoms with E-state index in [-0.39, 0.29) is 48.9 Å². The summed E-state index contributed by atoms with van der Waals surface area (Å²) in [6.45, 7) is 1.42. The van der Waals surface area contributed by atoms with Crippen molar-refractivity contribution in [2.24, 2.45) is 12.8 Å². The Morgan fingerprint density at radius 1 is 1.28 bits per heavy atom. The second-order valence-electron chi connectivity index (χ2n) is 6.22. The maximum absolute atomic E-state index is 14.7. The number of aromatic nitrogens is 2. The Labute approximate surface area is 163 Å². The lowest BCUT2D eigenvalue weighted by Crippen LogP contribution is -2.41. The highest BCUT2D eigenvalue weighted by molar-refractivity contribution is 6.36. The number of hydrogen-bond donors (Lipinski definition) is 1. The van der Waals surface area contributed by atoms with E-state index in [9.17, 15) is 31.9 Å². The van der Waals surface area contributed by atoms with Crippen molar-refractivity contribution < 1.29 is 26.8 Å². The SMILES string of the molecule is Cc1oc2c(-n3c(=O)cc(C(F)(F)F)n(C)c3=O)c(F)cc(Cl)c2c1CC(N)=O. The van der Waals surface area contributed by atoms with Crippen LogP contribution in [0.5, 0.6) is 0 Å². The van der Waals surface area contributed by atoms with E-state index in [1.54, 1.807) is 0 Å². The van der Waals surface area contributed by atoms with Gasteiger partial charge in [-0.15, -0.1) is 0 Å². The van der Waals surface area contributed by atoms with E-state index >= 15 is 0 Å². The fourth-order valence-corrected chi connectivity index (χ4v) is 3.35. The number of nitrogens with zero attached hydrogens (tertiary/aromatic N) is 2. The maximum atomic E-state index is 14.7. The average Bonchev–Trinajstić information content (AvgIpc) is 2.89. The summed E-state index contributed by atoms with van der Waals surface area (Å²) < 4.78 is 59.7. The maximum Gasteiger partial charge on any atom is 0.431 e. The molecule has 29 heavy (non-hydrogen) atoms. The van der Waals surface area contributed by atoms with E-state index in [1.807, 2.05) is 0 Å². The van der Waals surface area contributed by atoms with Gasteiger partial charge in [0.05, 0.1) is 11.4 Å².